The number of hydrogen-bond acceptors (Lipinski definition) is 3. The lowest BCUT2D eigenvalue weighted by molar-refractivity contribution is -0.106. The van der Waals surface area contributed by atoms with E-state index in [2.05, 4.69) is 31.3 Å². The minimum Gasteiger partial charge on any atom is -0.352 e. The predicted molar refractivity (Wildman–Crippen MR) is 65.2 cm³/mol. The van der Waals surface area contributed by atoms with Gasteiger partial charge in [0.25, 0.3) is 0 Å². The molecule has 0 heterocycles. The summed E-state index contributed by atoms with van der Waals surface area (Å²) in [5.41, 5.74) is 2.31. The highest BCUT2D eigenvalue weighted by Gasteiger charge is 2.07. The first kappa shape index (κ1) is 13.2. The molecule has 1 N–H and O–H groups in total. The molecule has 0 bridgehead atoms. The van der Waals surface area contributed by atoms with Crippen LogP contribution in [0.25, 0.3) is 0 Å². The summed E-state index contributed by atoms with van der Waals surface area (Å²) in [6.45, 7) is 5.17. The molecule has 0 fully saturated rings. The molecule has 1 aromatic carbocycles. The maximum Gasteiger partial charge on any atom is 0.183 e. The highest BCUT2D eigenvalue weighted by molar-refractivity contribution is 5.23. The van der Waals surface area contributed by atoms with Crippen LogP contribution in [-0.4, -0.2) is 20.3 Å². The third-order valence-electron chi connectivity index (χ3n) is 2.39. The Balaban J connectivity index is 2.60. The molecule has 0 saturated carbocycles. The first-order valence-corrected chi connectivity index (χ1v) is 5.55. The Morgan fingerprint density at radius 2 is 1.62 bits per heavy atom. The van der Waals surface area contributed by atoms with Gasteiger partial charge in [0, 0.05) is 32.4 Å². The van der Waals surface area contributed by atoms with Crippen molar-refractivity contribution in [1.82, 2.24) is 5.32 Å². The topological polar surface area (TPSA) is 30.5 Å². The van der Waals surface area contributed by atoms with Gasteiger partial charge in [-0.15, -0.1) is 0 Å². The van der Waals surface area contributed by atoms with E-state index < -0.39 is 0 Å². The molecule has 0 aliphatic rings. The van der Waals surface area contributed by atoms with Crippen LogP contribution in [0.1, 0.15) is 31.3 Å². The summed E-state index contributed by atoms with van der Waals surface area (Å²) in [6.07, 6.45) is -0.271. The van der Waals surface area contributed by atoms with E-state index in [1.165, 1.54) is 5.56 Å². The molecule has 0 amide bonds. The van der Waals surface area contributed by atoms with Crippen LogP contribution in [0.15, 0.2) is 24.3 Å². The van der Waals surface area contributed by atoms with E-state index in [1.54, 1.807) is 14.2 Å². The van der Waals surface area contributed by atoms with Crippen LogP contribution in [0.3, 0.4) is 0 Å². The molecule has 0 aromatic heterocycles. The van der Waals surface area contributed by atoms with E-state index in [9.17, 15) is 0 Å². The molecular formula is C13H21NO2. The highest BCUT2D eigenvalue weighted by atomic mass is 16.7. The van der Waals surface area contributed by atoms with Crippen molar-refractivity contribution in [2.45, 2.75) is 32.7 Å². The van der Waals surface area contributed by atoms with Crippen LogP contribution in [0, 0.1) is 0 Å². The van der Waals surface area contributed by atoms with Crippen molar-refractivity contribution in [3.63, 3.8) is 0 Å². The van der Waals surface area contributed by atoms with Gasteiger partial charge in [0.15, 0.2) is 6.29 Å². The fourth-order valence-electron chi connectivity index (χ4n) is 1.48. The summed E-state index contributed by atoms with van der Waals surface area (Å²) in [4.78, 5) is 0. The van der Waals surface area contributed by atoms with E-state index in [0.717, 1.165) is 12.1 Å². The molecule has 0 unspecified atom stereocenters. The van der Waals surface area contributed by atoms with Crippen molar-refractivity contribution >= 4 is 0 Å². The SMILES string of the molecule is COC(OC)c1ccc(CNC(C)C)cc1. The Morgan fingerprint density at radius 3 is 2.06 bits per heavy atom. The van der Waals surface area contributed by atoms with Crippen molar-refractivity contribution in [1.29, 1.82) is 0 Å². The number of methoxy groups -OCH3 is 2. The lowest BCUT2D eigenvalue weighted by Crippen LogP contribution is -2.21. The Hall–Kier alpha value is -0.900. The molecule has 3 nitrogen and oxygen atoms in total. The highest BCUT2D eigenvalue weighted by Crippen LogP contribution is 2.17. The van der Waals surface area contributed by atoms with Gasteiger partial charge in [0.1, 0.15) is 0 Å². The molecule has 0 aliphatic carbocycles. The lowest BCUT2D eigenvalue weighted by Gasteiger charge is -2.14. The number of hydrogen-bond donors (Lipinski definition) is 1. The van der Waals surface area contributed by atoms with Gasteiger partial charge in [0.05, 0.1) is 0 Å². The summed E-state index contributed by atoms with van der Waals surface area (Å²) in [7, 11) is 3.28. The van der Waals surface area contributed by atoms with Crippen molar-refractivity contribution in [2.75, 3.05) is 14.2 Å². The van der Waals surface area contributed by atoms with Crippen molar-refractivity contribution < 1.29 is 9.47 Å². The number of rotatable bonds is 6. The van der Waals surface area contributed by atoms with E-state index in [4.69, 9.17) is 9.47 Å². The van der Waals surface area contributed by atoms with Crippen molar-refractivity contribution in [3.8, 4) is 0 Å². The predicted octanol–water partition coefficient (Wildman–Crippen LogP) is 2.48. The van der Waals surface area contributed by atoms with E-state index in [0.29, 0.717) is 6.04 Å². The van der Waals surface area contributed by atoms with Gasteiger partial charge in [-0.2, -0.15) is 0 Å². The van der Waals surface area contributed by atoms with Crippen LogP contribution in [0.4, 0.5) is 0 Å². The zero-order valence-electron chi connectivity index (χ0n) is 10.5. The summed E-state index contributed by atoms with van der Waals surface area (Å²) < 4.78 is 10.4. The van der Waals surface area contributed by atoms with Crippen LogP contribution < -0.4 is 5.32 Å². The van der Waals surface area contributed by atoms with E-state index >= 15 is 0 Å². The Kier molecular flexibility index (Phi) is 5.46. The first-order valence-electron chi connectivity index (χ1n) is 5.55. The zero-order valence-corrected chi connectivity index (χ0v) is 10.5. The monoisotopic (exact) mass is 223 g/mol. The molecule has 0 atom stereocenters. The van der Waals surface area contributed by atoms with Crippen molar-refractivity contribution in [2.24, 2.45) is 0 Å². The largest absolute Gasteiger partial charge is 0.352 e. The standard InChI is InChI=1S/C13H21NO2/c1-10(2)14-9-11-5-7-12(8-6-11)13(15-3)16-4/h5-8,10,13-14H,9H2,1-4H3. The molecule has 1 rings (SSSR count). The van der Waals surface area contributed by atoms with Gasteiger partial charge >= 0.3 is 0 Å². The summed E-state index contributed by atoms with van der Waals surface area (Å²) in [6, 6.07) is 8.76. The van der Waals surface area contributed by atoms with Gasteiger partial charge in [-0.25, -0.2) is 0 Å². The maximum absolute atomic E-state index is 5.19. The Bertz CT molecular complexity index is 291. The van der Waals surface area contributed by atoms with Gasteiger partial charge in [-0.3, -0.25) is 0 Å². The molecule has 1 aromatic rings. The minimum atomic E-state index is -0.271. The van der Waals surface area contributed by atoms with Gasteiger partial charge in [-0.1, -0.05) is 38.1 Å². The van der Waals surface area contributed by atoms with Crippen molar-refractivity contribution in [3.05, 3.63) is 35.4 Å². The molecule has 0 saturated heterocycles. The fraction of sp³-hybridized carbons (Fsp3) is 0.538. The van der Waals surface area contributed by atoms with E-state index in [-0.39, 0.29) is 6.29 Å². The van der Waals surface area contributed by atoms with Crippen LogP contribution >= 0.6 is 0 Å². The average molecular weight is 223 g/mol. The number of ether oxygens (including phenoxy) is 2. The number of benzene rings is 1. The molecule has 16 heavy (non-hydrogen) atoms. The summed E-state index contributed by atoms with van der Waals surface area (Å²) >= 11 is 0. The summed E-state index contributed by atoms with van der Waals surface area (Å²) in [5.74, 6) is 0. The third kappa shape index (κ3) is 3.93. The van der Waals surface area contributed by atoms with Gasteiger partial charge in [-0.05, 0) is 5.56 Å². The van der Waals surface area contributed by atoms with Crippen LogP contribution in [0.5, 0.6) is 0 Å². The molecule has 0 spiro atoms. The average Bonchev–Trinajstić information content (AvgIpc) is 2.29. The van der Waals surface area contributed by atoms with Crippen LogP contribution in [-0.2, 0) is 16.0 Å². The maximum atomic E-state index is 5.19. The second-order valence-electron chi connectivity index (χ2n) is 4.08. The Labute approximate surface area is 97.8 Å². The Morgan fingerprint density at radius 1 is 1.06 bits per heavy atom. The summed E-state index contributed by atoms with van der Waals surface area (Å²) in [5, 5.41) is 3.38. The van der Waals surface area contributed by atoms with E-state index in [1.807, 2.05) is 12.1 Å². The second kappa shape index (κ2) is 6.63. The second-order valence-corrected chi connectivity index (χ2v) is 4.08. The molecule has 0 aliphatic heterocycles. The first-order chi connectivity index (χ1) is 7.67. The third-order valence-corrected chi connectivity index (χ3v) is 2.39. The van der Waals surface area contributed by atoms with Gasteiger partial charge in [0.2, 0.25) is 0 Å². The molecular weight excluding hydrogens is 202 g/mol. The quantitative estimate of drug-likeness (QED) is 0.751. The molecule has 0 radical (unpaired) electrons. The number of nitrogens with one attached hydrogen (secondary N) is 1. The van der Waals surface area contributed by atoms with Crippen LogP contribution in [0.2, 0.25) is 0 Å². The molecule has 90 valence electrons. The lowest BCUT2D eigenvalue weighted by atomic mass is 10.1. The molecule has 3 heteroatoms. The minimum absolute atomic E-state index is 0.271. The zero-order chi connectivity index (χ0) is 12.0. The fourth-order valence-corrected chi connectivity index (χ4v) is 1.48. The smallest absolute Gasteiger partial charge is 0.183 e. The normalized spacial score (nSPS) is 11.4. The van der Waals surface area contributed by atoms with Gasteiger partial charge < -0.3 is 14.8 Å².